The predicted octanol–water partition coefficient (Wildman–Crippen LogP) is 5.87. The number of pyridine rings is 2. The third-order valence-corrected chi connectivity index (χ3v) is 9.42. The minimum absolute atomic E-state index is 0.0702. The maximum absolute atomic E-state index is 15.0. The molecular formula is C35H31F2N7O4S. The van der Waals surface area contributed by atoms with Gasteiger partial charge >= 0.3 is 11.7 Å². The van der Waals surface area contributed by atoms with Gasteiger partial charge in [-0.1, -0.05) is 30.3 Å². The number of fused-ring (bicyclic) bond motifs is 1. The van der Waals surface area contributed by atoms with Crippen LogP contribution in [0.2, 0.25) is 0 Å². The molecule has 250 valence electrons. The summed E-state index contributed by atoms with van der Waals surface area (Å²) in [5, 5.41) is 2.87. The van der Waals surface area contributed by atoms with Gasteiger partial charge in [0.25, 0.3) is 5.56 Å². The minimum Gasteiger partial charge on any atom is -0.306 e. The standard InChI is InChI=1S/C35H31F2N7O4S/c1-21(28-11-4-6-17-38-28)42(2)19-25-30-32(45)44(29-12-5-7-18-39-29)35(47)43(20-24-26(36)9-8-10-27(24)37)33(30)49-31(25)22-13-15-23(16-14-22)40-34(46)41-48-3/h4-18,21H,19-20H2,1-3H3,(H2,40,41,46). The zero-order valence-electron chi connectivity index (χ0n) is 26.7. The predicted molar refractivity (Wildman–Crippen MR) is 184 cm³/mol. The van der Waals surface area contributed by atoms with Crippen molar-refractivity contribution in [3.63, 3.8) is 0 Å². The zero-order chi connectivity index (χ0) is 34.7. The van der Waals surface area contributed by atoms with Gasteiger partial charge in [-0.05, 0) is 73.6 Å². The van der Waals surface area contributed by atoms with Crippen LogP contribution in [-0.2, 0) is 17.9 Å². The van der Waals surface area contributed by atoms with Crippen LogP contribution >= 0.6 is 11.3 Å². The van der Waals surface area contributed by atoms with Crippen LogP contribution in [0, 0.1) is 11.6 Å². The molecule has 1 unspecified atom stereocenters. The van der Waals surface area contributed by atoms with Crippen molar-refractivity contribution < 1.29 is 18.4 Å². The van der Waals surface area contributed by atoms with E-state index in [0.717, 1.165) is 22.4 Å². The van der Waals surface area contributed by atoms with Crippen LogP contribution in [0.5, 0.6) is 0 Å². The number of anilines is 1. The average molecular weight is 684 g/mol. The highest BCUT2D eigenvalue weighted by Crippen LogP contribution is 2.39. The van der Waals surface area contributed by atoms with Crippen molar-refractivity contribution in [1.82, 2.24) is 29.5 Å². The average Bonchev–Trinajstić information content (AvgIpc) is 3.47. The summed E-state index contributed by atoms with van der Waals surface area (Å²) >= 11 is 1.17. The van der Waals surface area contributed by atoms with E-state index in [1.165, 1.54) is 41.3 Å². The van der Waals surface area contributed by atoms with Crippen molar-refractivity contribution in [2.24, 2.45) is 0 Å². The lowest BCUT2D eigenvalue weighted by Crippen LogP contribution is -2.39. The second-order valence-electron chi connectivity index (χ2n) is 11.2. The van der Waals surface area contributed by atoms with Crippen LogP contribution in [0.1, 0.15) is 29.8 Å². The van der Waals surface area contributed by atoms with Gasteiger partial charge in [0, 0.05) is 41.1 Å². The molecule has 0 bridgehead atoms. The summed E-state index contributed by atoms with van der Waals surface area (Å²) in [5.41, 5.74) is 3.04. The molecule has 0 spiro atoms. The summed E-state index contributed by atoms with van der Waals surface area (Å²) in [4.78, 5) is 57.0. The molecule has 11 nitrogen and oxygen atoms in total. The molecular weight excluding hydrogens is 652 g/mol. The lowest BCUT2D eigenvalue weighted by atomic mass is 10.0. The Morgan fingerprint density at radius 2 is 1.63 bits per heavy atom. The highest BCUT2D eigenvalue weighted by molar-refractivity contribution is 7.22. The number of benzene rings is 2. The van der Waals surface area contributed by atoms with Gasteiger partial charge in [-0.25, -0.2) is 33.4 Å². The first kappa shape index (κ1) is 33.3. The quantitative estimate of drug-likeness (QED) is 0.173. The van der Waals surface area contributed by atoms with E-state index >= 15 is 8.78 Å². The van der Waals surface area contributed by atoms with Gasteiger partial charge in [0.15, 0.2) is 0 Å². The number of urea groups is 1. The van der Waals surface area contributed by atoms with Gasteiger partial charge in [-0.3, -0.25) is 24.1 Å². The molecule has 0 saturated carbocycles. The van der Waals surface area contributed by atoms with Crippen LogP contribution in [0.15, 0.2) is 101 Å². The number of hydrogen-bond donors (Lipinski definition) is 2. The van der Waals surface area contributed by atoms with Gasteiger partial charge in [-0.2, -0.15) is 0 Å². The molecule has 0 saturated heterocycles. The Labute approximate surface area is 283 Å². The molecule has 4 aromatic heterocycles. The molecule has 2 amide bonds. The summed E-state index contributed by atoms with van der Waals surface area (Å²) in [6, 6.07) is 20.1. The van der Waals surface area contributed by atoms with Crippen molar-refractivity contribution >= 4 is 33.3 Å². The Bertz CT molecular complexity index is 2220. The second-order valence-corrected chi connectivity index (χ2v) is 12.2. The molecule has 4 heterocycles. The van der Waals surface area contributed by atoms with Crippen molar-refractivity contribution in [3.8, 4) is 16.3 Å². The second kappa shape index (κ2) is 14.3. The molecule has 0 aliphatic carbocycles. The molecule has 2 N–H and O–H groups in total. The zero-order valence-corrected chi connectivity index (χ0v) is 27.5. The number of rotatable bonds is 10. The molecule has 1 atom stereocenters. The highest BCUT2D eigenvalue weighted by Gasteiger charge is 2.27. The maximum atomic E-state index is 15.0. The number of hydrogen-bond acceptors (Lipinski definition) is 8. The van der Waals surface area contributed by atoms with E-state index in [4.69, 9.17) is 0 Å². The Morgan fingerprint density at radius 3 is 2.27 bits per heavy atom. The van der Waals surface area contributed by atoms with E-state index in [-0.39, 0.29) is 34.2 Å². The fraction of sp³-hybridized carbons (Fsp3) is 0.171. The first-order valence-electron chi connectivity index (χ1n) is 15.1. The smallest absolute Gasteiger partial charge is 0.306 e. The summed E-state index contributed by atoms with van der Waals surface area (Å²) in [7, 11) is 3.22. The number of amides is 2. The van der Waals surface area contributed by atoms with Crippen LogP contribution in [0.25, 0.3) is 26.5 Å². The van der Waals surface area contributed by atoms with Crippen LogP contribution in [0.3, 0.4) is 0 Å². The summed E-state index contributed by atoms with van der Waals surface area (Å²) in [6.45, 7) is 1.76. The lowest BCUT2D eigenvalue weighted by molar-refractivity contribution is 0.114. The molecule has 0 aliphatic heterocycles. The van der Waals surface area contributed by atoms with E-state index in [2.05, 4.69) is 25.6 Å². The van der Waals surface area contributed by atoms with Gasteiger partial charge < -0.3 is 5.32 Å². The number of carbonyl (C=O) groups is 1. The van der Waals surface area contributed by atoms with Crippen molar-refractivity contribution in [3.05, 3.63) is 141 Å². The Kier molecular flexibility index (Phi) is 9.71. The molecule has 0 fully saturated rings. The van der Waals surface area contributed by atoms with Crippen LogP contribution < -0.4 is 22.0 Å². The van der Waals surface area contributed by atoms with Crippen molar-refractivity contribution in [1.29, 1.82) is 0 Å². The number of halogens is 2. The Balaban J connectivity index is 1.60. The molecule has 14 heteroatoms. The normalized spacial score (nSPS) is 12.0. The Morgan fingerprint density at radius 1 is 0.939 bits per heavy atom. The van der Waals surface area contributed by atoms with Gasteiger partial charge in [0.05, 0.1) is 24.7 Å². The number of carbonyl (C=O) groups excluding carboxylic acids is 1. The van der Waals surface area contributed by atoms with E-state index in [0.29, 0.717) is 21.7 Å². The van der Waals surface area contributed by atoms with Gasteiger partial charge in [-0.15, -0.1) is 11.3 Å². The SMILES string of the molecule is CONC(=O)Nc1ccc(-c2sc3c(c2CN(C)C(C)c2ccccn2)c(=O)n(-c2ccccn2)c(=O)n3Cc2c(F)cccc2F)cc1. The van der Waals surface area contributed by atoms with Crippen LogP contribution in [-0.4, -0.2) is 44.2 Å². The van der Waals surface area contributed by atoms with Gasteiger partial charge in [0.1, 0.15) is 22.3 Å². The van der Waals surface area contributed by atoms with E-state index in [9.17, 15) is 14.4 Å². The van der Waals surface area contributed by atoms with Crippen LogP contribution in [0.4, 0.5) is 19.3 Å². The number of thiophene rings is 1. The number of hydroxylamine groups is 1. The van der Waals surface area contributed by atoms with Crippen molar-refractivity contribution in [2.45, 2.75) is 26.1 Å². The molecule has 6 aromatic rings. The molecule has 0 aliphatic rings. The summed E-state index contributed by atoms with van der Waals surface area (Å²) < 4.78 is 32.2. The first-order chi connectivity index (χ1) is 23.7. The van der Waals surface area contributed by atoms with E-state index in [1.807, 2.05) is 37.1 Å². The number of nitrogens with zero attached hydrogens (tertiary/aromatic N) is 5. The molecule has 2 aromatic carbocycles. The topological polar surface area (TPSA) is 123 Å². The van der Waals surface area contributed by atoms with E-state index < -0.39 is 35.5 Å². The minimum atomic E-state index is -0.822. The Hall–Kier alpha value is -5.57. The number of nitrogens with one attached hydrogen (secondary N) is 2. The maximum Gasteiger partial charge on any atom is 0.343 e. The fourth-order valence-corrected chi connectivity index (χ4v) is 6.81. The third kappa shape index (κ3) is 6.74. The molecule has 6 rings (SSSR count). The highest BCUT2D eigenvalue weighted by atomic mass is 32.1. The summed E-state index contributed by atoms with van der Waals surface area (Å²) in [6.07, 6.45) is 3.16. The fourth-order valence-electron chi connectivity index (χ4n) is 5.51. The molecule has 0 radical (unpaired) electrons. The van der Waals surface area contributed by atoms with Crippen molar-refractivity contribution in [2.75, 3.05) is 19.5 Å². The largest absolute Gasteiger partial charge is 0.343 e. The monoisotopic (exact) mass is 683 g/mol. The van der Waals surface area contributed by atoms with E-state index in [1.54, 1.807) is 42.6 Å². The first-order valence-corrected chi connectivity index (χ1v) is 16.0. The van der Waals surface area contributed by atoms with Gasteiger partial charge in [0.2, 0.25) is 0 Å². The lowest BCUT2D eigenvalue weighted by Gasteiger charge is -2.24. The number of aromatic nitrogens is 4. The third-order valence-electron chi connectivity index (χ3n) is 8.11. The molecule has 49 heavy (non-hydrogen) atoms. The summed E-state index contributed by atoms with van der Waals surface area (Å²) in [5.74, 6) is -1.57.